The van der Waals surface area contributed by atoms with E-state index in [2.05, 4.69) is 32.9 Å². The van der Waals surface area contributed by atoms with Crippen LogP contribution in [0.5, 0.6) is 0 Å². The summed E-state index contributed by atoms with van der Waals surface area (Å²) in [6, 6.07) is 9.35. The highest BCUT2D eigenvalue weighted by atomic mass is 127. The number of nitrogen functional groups attached to an aromatic ring is 1. The fraction of sp³-hybridized carbons (Fsp3) is 0.276. The molecule has 2 aromatic carbocycles. The van der Waals surface area contributed by atoms with Crippen LogP contribution in [0.15, 0.2) is 48.7 Å². The Bertz CT molecular complexity index is 1510. The largest absolute Gasteiger partial charge is 0.398 e. The van der Waals surface area contributed by atoms with Gasteiger partial charge in [-0.2, -0.15) is 0 Å². The van der Waals surface area contributed by atoms with E-state index in [4.69, 9.17) is 17.3 Å². The molecular formula is C29H26ClF2IN4O2. The number of fused-ring (bicyclic) bond motifs is 4. The summed E-state index contributed by atoms with van der Waals surface area (Å²) in [5.41, 5.74) is 9.69. The topological polar surface area (TPSA) is 88.3 Å². The van der Waals surface area contributed by atoms with E-state index in [9.17, 15) is 18.4 Å². The summed E-state index contributed by atoms with van der Waals surface area (Å²) in [6.45, 7) is 2.13. The molecule has 0 saturated carbocycles. The maximum absolute atomic E-state index is 14.7. The third-order valence-corrected chi connectivity index (χ3v) is 8.56. The van der Waals surface area contributed by atoms with Crippen molar-refractivity contribution >= 4 is 63.0 Å². The molecule has 3 N–H and O–H groups in total. The highest BCUT2D eigenvalue weighted by molar-refractivity contribution is 14.1. The molecule has 3 heterocycles. The minimum Gasteiger partial charge on any atom is -0.398 e. The van der Waals surface area contributed by atoms with Crippen molar-refractivity contribution in [2.24, 2.45) is 5.92 Å². The quantitative estimate of drug-likeness (QED) is 0.176. The maximum Gasteiger partial charge on any atom is 0.247 e. The van der Waals surface area contributed by atoms with Gasteiger partial charge in [-0.15, -0.1) is 0 Å². The number of amides is 2. The van der Waals surface area contributed by atoms with Crippen LogP contribution in [-0.4, -0.2) is 28.2 Å². The van der Waals surface area contributed by atoms with Crippen LogP contribution < -0.4 is 11.1 Å². The number of nitrogens with one attached hydrogen (secondary N) is 1. The molecule has 2 aliphatic heterocycles. The Balaban J connectivity index is 1.55. The maximum atomic E-state index is 14.7. The number of aromatic nitrogens is 1. The number of nitrogens with zero attached hydrogens (tertiary/aromatic N) is 2. The lowest BCUT2D eigenvalue weighted by molar-refractivity contribution is -0.129. The van der Waals surface area contributed by atoms with Gasteiger partial charge in [0.1, 0.15) is 5.82 Å². The summed E-state index contributed by atoms with van der Waals surface area (Å²) in [4.78, 5) is 32.7. The number of benzene rings is 2. The third kappa shape index (κ3) is 5.51. The van der Waals surface area contributed by atoms with Crippen molar-refractivity contribution in [3.05, 3.63) is 80.2 Å². The second-order valence-electron chi connectivity index (χ2n) is 9.90. The lowest BCUT2D eigenvalue weighted by Gasteiger charge is -2.34. The molecule has 6 nitrogen and oxygen atoms in total. The molecule has 5 rings (SSSR count). The Hall–Kier alpha value is -3.05. The second kappa shape index (κ2) is 11.2. The average Bonchev–Trinajstić information content (AvgIpc) is 2.91. The van der Waals surface area contributed by atoms with E-state index in [-0.39, 0.29) is 52.9 Å². The number of hydrogen-bond acceptors (Lipinski definition) is 4. The molecule has 202 valence electrons. The zero-order valence-corrected chi connectivity index (χ0v) is 24.0. The van der Waals surface area contributed by atoms with Gasteiger partial charge < -0.3 is 16.0 Å². The number of carbonyl (C=O) groups is 2. The van der Waals surface area contributed by atoms with Crippen LogP contribution in [-0.2, 0) is 9.59 Å². The fourth-order valence-electron chi connectivity index (χ4n) is 5.18. The van der Waals surface area contributed by atoms with Crippen LogP contribution in [0.3, 0.4) is 0 Å². The second-order valence-corrected chi connectivity index (χ2v) is 11.5. The minimum atomic E-state index is -0.870. The number of halogens is 4. The molecule has 0 aliphatic carbocycles. The number of anilines is 2. The molecule has 39 heavy (non-hydrogen) atoms. The van der Waals surface area contributed by atoms with Crippen LogP contribution in [0.25, 0.3) is 16.7 Å². The van der Waals surface area contributed by atoms with Gasteiger partial charge in [0.05, 0.1) is 28.0 Å². The highest BCUT2D eigenvalue weighted by Gasteiger charge is 2.31. The van der Waals surface area contributed by atoms with Crippen molar-refractivity contribution < 1.29 is 18.4 Å². The summed E-state index contributed by atoms with van der Waals surface area (Å²) in [7, 11) is 0. The van der Waals surface area contributed by atoms with E-state index < -0.39 is 11.6 Å². The molecule has 2 atom stereocenters. The minimum absolute atomic E-state index is 0.101. The molecule has 0 unspecified atom stereocenters. The first-order chi connectivity index (χ1) is 18.6. The highest BCUT2D eigenvalue weighted by Crippen LogP contribution is 2.38. The number of nitrogens with two attached hydrogens (primary N) is 1. The van der Waals surface area contributed by atoms with Crippen molar-refractivity contribution in [2.75, 3.05) is 17.6 Å². The zero-order valence-electron chi connectivity index (χ0n) is 21.1. The van der Waals surface area contributed by atoms with E-state index in [0.29, 0.717) is 36.3 Å². The summed E-state index contributed by atoms with van der Waals surface area (Å²) >= 11 is 8.04. The first-order valence-electron chi connectivity index (χ1n) is 12.6. The lowest BCUT2D eigenvalue weighted by Crippen LogP contribution is -2.38. The van der Waals surface area contributed by atoms with E-state index in [1.807, 2.05) is 25.1 Å². The first kappa shape index (κ1) is 27.5. The Morgan fingerprint density at radius 2 is 1.95 bits per heavy atom. The van der Waals surface area contributed by atoms with Gasteiger partial charge in [-0.1, -0.05) is 24.9 Å². The Morgan fingerprint density at radius 1 is 1.15 bits per heavy atom. The number of pyridine rings is 1. The van der Waals surface area contributed by atoms with Crippen LogP contribution >= 0.6 is 34.2 Å². The van der Waals surface area contributed by atoms with Crippen molar-refractivity contribution in [1.82, 2.24) is 9.88 Å². The Labute approximate surface area is 243 Å². The predicted octanol–water partition coefficient (Wildman–Crippen LogP) is 6.98. The smallest absolute Gasteiger partial charge is 0.247 e. The zero-order chi connectivity index (χ0) is 27.8. The summed E-state index contributed by atoms with van der Waals surface area (Å²) in [5, 5.41) is 2.84. The van der Waals surface area contributed by atoms with Crippen LogP contribution in [0.1, 0.15) is 49.9 Å². The SMILES string of the molecule is C[C@@H]1CCC[C@H](N2CCC(c3c(F)ccc(Cl)c3F)=CC2=O)c2cc(ccn2)-c2cc(I)c(N)cc2NC1=O. The molecule has 0 spiro atoms. The van der Waals surface area contributed by atoms with Crippen molar-refractivity contribution in [2.45, 2.75) is 38.6 Å². The predicted molar refractivity (Wildman–Crippen MR) is 157 cm³/mol. The van der Waals surface area contributed by atoms with E-state index >= 15 is 0 Å². The van der Waals surface area contributed by atoms with Gasteiger partial charge in [0.2, 0.25) is 11.8 Å². The van der Waals surface area contributed by atoms with Crippen molar-refractivity contribution in [3.63, 3.8) is 0 Å². The molecule has 3 aromatic rings. The third-order valence-electron chi connectivity index (χ3n) is 7.33. The summed E-state index contributed by atoms with van der Waals surface area (Å²) in [6.07, 6.45) is 5.10. The van der Waals surface area contributed by atoms with Gasteiger partial charge in [-0.25, -0.2) is 8.78 Å². The van der Waals surface area contributed by atoms with Gasteiger partial charge in [-0.3, -0.25) is 14.6 Å². The first-order valence-corrected chi connectivity index (χ1v) is 14.1. The van der Waals surface area contributed by atoms with E-state index in [1.165, 1.54) is 6.08 Å². The van der Waals surface area contributed by atoms with Gasteiger partial charge in [0.15, 0.2) is 5.82 Å². The number of hydrogen-bond donors (Lipinski definition) is 2. The van der Waals surface area contributed by atoms with Gasteiger partial charge >= 0.3 is 0 Å². The molecule has 2 aliphatic rings. The molecular weight excluding hydrogens is 637 g/mol. The van der Waals surface area contributed by atoms with Crippen LogP contribution in [0.4, 0.5) is 20.2 Å². The normalized spacial score (nSPS) is 19.9. The lowest BCUT2D eigenvalue weighted by atomic mass is 9.92. The molecule has 1 aromatic heterocycles. The number of rotatable bonds is 2. The fourth-order valence-corrected chi connectivity index (χ4v) is 5.81. The van der Waals surface area contributed by atoms with E-state index in [1.54, 1.807) is 17.2 Å². The Kier molecular flexibility index (Phi) is 7.91. The molecule has 2 bridgehead atoms. The molecule has 0 fully saturated rings. The Morgan fingerprint density at radius 3 is 2.72 bits per heavy atom. The van der Waals surface area contributed by atoms with Gasteiger partial charge in [0, 0.05) is 39.6 Å². The van der Waals surface area contributed by atoms with Crippen LogP contribution in [0.2, 0.25) is 5.02 Å². The number of carbonyl (C=O) groups excluding carboxylic acids is 2. The molecule has 0 saturated heterocycles. The van der Waals surface area contributed by atoms with Gasteiger partial charge in [-0.05, 0) is 89.4 Å². The van der Waals surface area contributed by atoms with Gasteiger partial charge in [0.25, 0.3) is 0 Å². The standard InChI is InChI=1S/C29H26ClF2IN4O2/c1-15-3-2-4-25(37-10-8-17(12-26(37)38)27-20(31)6-5-19(30)28(27)32)24-11-16(7-9-35-24)18-13-21(33)22(34)14-23(18)36-29(15)39/h5-7,9,11-15,25H,2-4,8,10,34H2,1H3,(H,36,39)/t15-,25+/m1/s1. The van der Waals surface area contributed by atoms with Crippen LogP contribution in [0, 0.1) is 21.1 Å². The molecule has 10 heteroatoms. The molecule has 2 amide bonds. The average molecular weight is 663 g/mol. The summed E-state index contributed by atoms with van der Waals surface area (Å²) < 4.78 is 30.0. The van der Waals surface area contributed by atoms with E-state index in [0.717, 1.165) is 26.8 Å². The molecule has 0 radical (unpaired) electrons. The summed E-state index contributed by atoms with van der Waals surface area (Å²) in [5.74, 6) is -2.35. The van der Waals surface area contributed by atoms with Crippen molar-refractivity contribution in [1.29, 1.82) is 0 Å². The monoisotopic (exact) mass is 662 g/mol. The van der Waals surface area contributed by atoms with Crippen molar-refractivity contribution in [3.8, 4) is 11.1 Å².